The molecule has 0 aliphatic rings. The van der Waals surface area contributed by atoms with Gasteiger partial charge in [0.15, 0.2) is 0 Å². The monoisotopic (exact) mass is 287 g/mol. The van der Waals surface area contributed by atoms with Gasteiger partial charge in [0.25, 0.3) is 0 Å². The number of carboxylic acids is 1. The fourth-order valence-electron chi connectivity index (χ4n) is 1.45. The maximum Gasteiger partial charge on any atom is 0.387 e. The van der Waals surface area contributed by atoms with E-state index in [0.717, 1.165) is 0 Å². The van der Waals surface area contributed by atoms with Gasteiger partial charge in [-0.05, 0) is 6.07 Å². The van der Waals surface area contributed by atoms with Crippen molar-refractivity contribution < 1.29 is 28.2 Å². The summed E-state index contributed by atoms with van der Waals surface area (Å²) in [5.41, 5.74) is 0.313. The Labute approximate surface area is 114 Å². The molecular weight excluding hydrogens is 272 g/mol. The maximum absolute atomic E-state index is 12.2. The molecule has 2 N–H and O–H groups in total. The summed E-state index contributed by atoms with van der Waals surface area (Å²) in [5, 5.41) is 11.1. The summed E-state index contributed by atoms with van der Waals surface area (Å²) < 4.78 is 28.7. The van der Waals surface area contributed by atoms with Crippen LogP contribution in [0.5, 0.6) is 5.75 Å². The largest absolute Gasteiger partial charge is 0.481 e. The van der Waals surface area contributed by atoms with Crippen LogP contribution in [0.2, 0.25) is 0 Å². The van der Waals surface area contributed by atoms with Gasteiger partial charge in [0.2, 0.25) is 5.91 Å². The van der Waals surface area contributed by atoms with Crippen LogP contribution in [-0.4, -0.2) is 30.1 Å². The average molecular weight is 287 g/mol. The van der Waals surface area contributed by atoms with Crippen molar-refractivity contribution in [2.24, 2.45) is 5.92 Å². The standard InChI is InChI=1S/C13H15F2NO4/c1-8(12(18)19)7-16-11(17)6-9-4-2-3-5-10(9)20-13(14)15/h2-5,8,13H,6-7H2,1H3,(H,16,17)(H,18,19). The van der Waals surface area contributed by atoms with Gasteiger partial charge in [-0.15, -0.1) is 0 Å². The van der Waals surface area contributed by atoms with Gasteiger partial charge in [0, 0.05) is 12.1 Å². The Kier molecular flexibility index (Phi) is 5.89. The number of alkyl halides is 2. The topological polar surface area (TPSA) is 75.6 Å². The van der Waals surface area contributed by atoms with Crippen molar-refractivity contribution in [2.75, 3.05) is 6.54 Å². The smallest absolute Gasteiger partial charge is 0.387 e. The summed E-state index contributed by atoms with van der Waals surface area (Å²) in [6, 6.07) is 5.96. The summed E-state index contributed by atoms with van der Waals surface area (Å²) in [5.74, 6) is -2.26. The fraction of sp³-hybridized carbons (Fsp3) is 0.385. The number of carbonyl (C=O) groups is 2. The van der Waals surface area contributed by atoms with E-state index in [-0.39, 0.29) is 18.7 Å². The van der Waals surface area contributed by atoms with Crippen LogP contribution >= 0.6 is 0 Å². The van der Waals surface area contributed by atoms with E-state index in [1.165, 1.54) is 25.1 Å². The Bertz CT molecular complexity index is 479. The van der Waals surface area contributed by atoms with Crippen molar-refractivity contribution in [3.8, 4) is 5.75 Å². The molecule has 0 saturated heterocycles. The summed E-state index contributed by atoms with van der Waals surface area (Å²) in [6.45, 7) is -1.53. The number of hydrogen-bond donors (Lipinski definition) is 2. The molecule has 0 spiro atoms. The number of carbonyl (C=O) groups excluding carboxylic acids is 1. The molecule has 0 aliphatic carbocycles. The summed E-state index contributed by atoms with van der Waals surface area (Å²) in [6.07, 6.45) is -0.158. The minimum atomic E-state index is -2.97. The van der Waals surface area contributed by atoms with Crippen molar-refractivity contribution in [2.45, 2.75) is 20.0 Å². The van der Waals surface area contributed by atoms with E-state index in [1.807, 2.05) is 0 Å². The molecule has 0 aliphatic heterocycles. The predicted octanol–water partition coefficient (Wildman–Crippen LogP) is 1.67. The van der Waals surface area contributed by atoms with Gasteiger partial charge in [0.1, 0.15) is 5.75 Å². The van der Waals surface area contributed by atoms with Crippen LogP contribution in [0.3, 0.4) is 0 Å². The number of amides is 1. The first-order valence-electron chi connectivity index (χ1n) is 5.92. The Morgan fingerprint density at radius 1 is 1.35 bits per heavy atom. The molecule has 1 atom stereocenters. The van der Waals surface area contributed by atoms with Crippen molar-refractivity contribution in [3.05, 3.63) is 29.8 Å². The van der Waals surface area contributed by atoms with Crippen molar-refractivity contribution in [1.82, 2.24) is 5.32 Å². The van der Waals surface area contributed by atoms with Gasteiger partial charge in [0.05, 0.1) is 12.3 Å². The molecule has 0 fully saturated rings. The van der Waals surface area contributed by atoms with E-state index >= 15 is 0 Å². The van der Waals surface area contributed by atoms with Crippen molar-refractivity contribution >= 4 is 11.9 Å². The van der Waals surface area contributed by atoms with Gasteiger partial charge >= 0.3 is 12.6 Å². The van der Waals surface area contributed by atoms with E-state index in [1.54, 1.807) is 6.07 Å². The second-order valence-electron chi connectivity index (χ2n) is 4.21. The molecule has 0 saturated carbocycles. The average Bonchev–Trinajstić information content (AvgIpc) is 2.37. The van der Waals surface area contributed by atoms with E-state index in [4.69, 9.17) is 5.11 Å². The third kappa shape index (κ3) is 5.21. The zero-order chi connectivity index (χ0) is 15.1. The fourth-order valence-corrected chi connectivity index (χ4v) is 1.45. The number of aliphatic carboxylic acids is 1. The lowest BCUT2D eigenvalue weighted by molar-refractivity contribution is -0.141. The van der Waals surface area contributed by atoms with Crippen LogP contribution in [0.15, 0.2) is 24.3 Å². The second-order valence-corrected chi connectivity index (χ2v) is 4.21. The number of rotatable bonds is 7. The molecular formula is C13H15F2NO4. The van der Waals surface area contributed by atoms with E-state index in [9.17, 15) is 18.4 Å². The summed E-state index contributed by atoms with van der Waals surface area (Å²) >= 11 is 0. The first kappa shape index (κ1) is 15.9. The highest BCUT2D eigenvalue weighted by Crippen LogP contribution is 2.20. The van der Waals surface area contributed by atoms with Gasteiger partial charge in [-0.2, -0.15) is 8.78 Å². The molecule has 1 aromatic rings. The first-order valence-corrected chi connectivity index (χ1v) is 5.92. The number of halogens is 2. The minimum absolute atomic E-state index is 0.0218. The second kappa shape index (κ2) is 7.42. The van der Waals surface area contributed by atoms with E-state index in [0.29, 0.717) is 5.56 Å². The van der Waals surface area contributed by atoms with Gasteiger partial charge in [-0.25, -0.2) is 0 Å². The zero-order valence-electron chi connectivity index (χ0n) is 10.8. The van der Waals surface area contributed by atoms with Crippen LogP contribution in [0, 0.1) is 5.92 Å². The molecule has 1 amide bonds. The molecule has 7 heteroatoms. The lowest BCUT2D eigenvalue weighted by atomic mass is 10.1. The van der Waals surface area contributed by atoms with Crippen LogP contribution in [0.4, 0.5) is 8.78 Å². The van der Waals surface area contributed by atoms with Crippen molar-refractivity contribution in [1.29, 1.82) is 0 Å². The number of benzene rings is 1. The minimum Gasteiger partial charge on any atom is -0.481 e. The molecule has 110 valence electrons. The number of carboxylic acid groups (broad SMARTS) is 1. The maximum atomic E-state index is 12.2. The molecule has 0 heterocycles. The highest BCUT2D eigenvalue weighted by molar-refractivity contribution is 5.80. The molecule has 1 unspecified atom stereocenters. The lowest BCUT2D eigenvalue weighted by Crippen LogP contribution is -2.32. The normalized spacial score (nSPS) is 12.0. The predicted molar refractivity (Wildman–Crippen MR) is 66.6 cm³/mol. The Morgan fingerprint density at radius 3 is 2.60 bits per heavy atom. The molecule has 20 heavy (non-hydrogen) atoms. The van der Waals surface area contributed by atoms with Crippen LogP contribution in [0.1, 0.15) is 12.5 Å². The molecule has 1 rings (SSSR count). The van der Waals surface area contributed by atoms with Crippen LogP contribution in [0.25, 0.3) is 0 Å². The van der Waals surface area contributed by atoms with Crippen LogP contribution < -0.4 is 10.1 Å². The third-order valence-electron chi connectivity index (χ3n) is 2.57. The number of ether oxygens (including phenoxy) is 1. The molecule has 5 nitrogen and oxygen atoms in total. The Balaban J connectivity index is 2.59. The third-order valence-corrected chi connectivity index (χ3v) is 2.57. The van der Waals surface area contributed by atoms with Gasteiger partial charge in [-0.3, -0.25) is 9.59 Å². The van der Waals surface area contributed by atoms with Gasteiger partial charge in [-0.1, -0.05) is 25.1 Å². The molecule has 0 radical (unpaired) electrons. The highest BCUT2D eigenvalue weighted by Gasteiger charge is 2.15. The van der Waals surface area contributed by atoms with E-state index < -0.39 is 24.4 Å². The summed E-state index contributed by atoms with van der Waals surface area (Å²) in [4.78, 5) is 22.2. The summed E-state index contributed by atoms with van der Waals surface area (Å²) in [7, 11) is 0. The SMILES string of the molecule is CC(CNC(=O)Cc1ccccc1OC(F)F)C(=O)O. The van der Waals surface area contributed by atoms with Crippen LogP contribution in [-0.2, 0) is 16.0 Å². The first-order chi connectivity index (χ1) is 9.40. The molecule has 0 aromatic heterocycles. The highest BCUT2D eigenvalue weighted by atomic mass is 19.3. The zero-order valence-corrected chi connectivity index (χ0v) is 10.8. The number of hydrogen-bond acceptors (Lipinski definition) is 3. The van der Waals surface area contributed by atoms with Crippen molar-refractivity contribution in [3.63, 3.8) is 0 Å². The molecule has 1 aromatic carbocycles. The Hall–Kier alpha value is -2.18. The molecule has 0 bridgehead atoms. The Morgan fingerprint density at radius 2 is 2.00 bits per heavy atom. The quantitative estimate of drug-likeness (QED) is 0.800. The number of nitrogens with one attached hydrogen (secondary N) is 1. The number of para-hydroxylation sites is 1. The van der Waals surface area contributed by atoms with Gasteiger partial charge < -0.3 is 15.2 Å². The lowest BCUT2D eigenvalue weighted by Gasteiger charge is -2.11. The van der Waals surface area contributed by atoms with E-state index in [2.05, 4.69) is 10.1 Å².